The fourth-order valence-corrected chi connectivity index (χ4v) is 1.59. The van der Waals surface area contributed by atoms with Gasteiger partial charge in [-0.3, -0.25) is 0 Å². The van der Waals surface area contributed by atoms with Crippen LogP contribution in [0.5, 0.6) is 0 Å². The van der Waals surface area contributed by atoms with Gasteiger partial charge in [0.2, 0.25) is 0 Å². The Morgan fingerprint density at radius 1 is 1.06 bits per heavy atom. The zero-order chi connectivity index (χ0) is 12.6. The molecule has 2 aromatic rings. The molecule has 0 aliphatic heterocycles. The van der Waals surface area contributed by atoms with Crippen LogP contribution in [0.4, 0.5) is 0 Å². The molecule has 0 atom stereocenters. The molecule has 2 N–H and O–H groups in total. The van der Waals surface area contributed by atoms with Gasteiger partial charge in [-0.1, -0.05) is 42.5 Å². The van der Waals surface area contributed by atoms with Gasteiger partial charge in [-0.25, -0.2) is 0 Å². The van der Waals surface area contributed by atoms with Gasteiger partial charge in [0.1, 0.15) is 18.1 Å². The van der Waals surface area contributed by atoms with E-state index < -0.39 is 0 Å². The summed E-state index contributed by atoms with van der Waals surface area (Å²) in [5.74, 6) is 1.59. The number of benzene rings is 1. The van der Waals surface area contributed by atoms with Crippen LogP contribution in [-0.2, 0) is 17.9 Å². The number of ether oxygens (including phenoxy) is 1. The molecule has 0 spiro atoms. The Bertz CT molecular complexity index is 488. The van der Waals surface area contributed by atoms with Gasteiger partial charge in [-0.2, -0.15) is 0 Å². The summed E-state index contributed by atoms with van der Waals surface area (Å²) in [6.07, 6.45) is 4.02. The minimum Gasteiger partial charge on any atom is -0.462 e. The molecule has 3 nitrogen and oxygen atoms in total. The van der Waals surface area contributed by atoms with E-state index in [-0.39, 0.29) is 0 Å². The van der Waals surface area contributed by atoms with Gasteiger partial charge in [-0.05, 0) is 17.7 Å². The van der Waals surface area contributed by atoms with Crippen LogP contribution in [0.15, 0.2) is 53.0 Å². The standard InChI is InChI=1S/C15H17NO2/c16-11-14-8-9-15(18-14)12-17-10-4-7-13-5-2-1-3-6-13/h1-9H,10-12,16H2. The third-order valence-corrected chi connectivity index (χ3v) is 2.49. The molecule has 0 aliphatic carbocycles. The smallest absolute Gasteiger partial charge is 0.129 e. The molecule has 0 fully saturated rings. The summed E-state index contributed by atoms with van der Waals surface area (Å²) in [6.45, 7) is 1.46. The first-order valence-electron chi connectivity index (χ1n) is 5.95. The van der Waals surface area contributed by atoms with Crippen LogP contribution < -0.4 is 5.73 Å². The Hall–Kier alpha value is -1.84. The van der Waals surface area contributed by atoms with Crippen LogP contribution >= 0.6 is 0 Å². The molecule has 94 valence electrons. The molecule has 3 heteroatoms. The van der Waals surface area contributed by atoms with Crippen molar-refractivity contribution in [2.45, 2.75) is 13.2 Å². The lowest BCUT2D eigenvalue weighted by Crippen LogP contribution is -1.94. The van der Waals surface area contributed by atoms with E-state index in [9.17, 15) is 0 Å². The largest absolute Gasteiger partial charge is 0.462 e. The molecule has 18 heavy (non-hydrogen) atoms. The fourth-order valence-electron chi connectivity index (χ4n) is 1.59. The Kier molecular flexibility index (Phi) is 4.76. The van der Waals surface area contributed by atoms with Gasteiger partial charge < -0.3 is 14.9 Å². The lowest BCUT2D eigenvalue weighted by atomic mass is 10.2. The summed E-state index contributed by atoms with van der Waals surface area (Å²) in [6, 6.07) is 13.9. The predicted molar refractivity (Wildman–Crippen MR) is 71.7 cm³/mol. The van der Waals surface area contributed by atoms with Crippen LogP contribution in [0.3, 0.4) is 0 Å². The van der Waals surface area contributed by atoms with Gasteiger partial charge in [0.05, 0.1) is 13.2 Å². The van der Waals surface area contributed by atoms with Crippen LogP contribution in [0.2, 0.25) is 0 Å². The molecule has 0 radical (unpaired) electrons. The normalized spacial score (nSPS) is 11.2. The van der Waals surface area contributed by atoms with E-state index in [1.807, 2.05) is 42.5 Å². The van der Waals surface area contributed by atoms with E-state index in [1.54, 1.807) is 0 Å². The highest BCUT2D eigenvalue weighted by atomic mass is 16.5. The Balaban J connectivity index is 1.71. The molecule has 1 aromatic carbocycles. The zero-order valence-electron chi connectivity index (χ0n) is 10.2. The minimum atomic E-state index is 0.425. The van der Waals surface area contributed by atoms with Crippen molar-refractivity contribution >= 4 is 6.08 Å². The Morgan fingerprint density at radius 3 is 2.56 bits per heavy atom. The van der Waals surface area contributed by atoms with E-state index in [1.165, 1.54) is 5.56 Å². The summed E-state index contributed by atoms with van der Waals surface area (Å²) in [4.78, 5) is 0. The second-order valence-electron chi connectivity index (χ2n) is 3.90. The average Bonchev–Trinajstić information content (AvgIpc) is 2.87. The Labute approximate surface area is 107 Å². The van der Waals surface area contributed by atoms with E-state index in [4.69, 9.17) is 14.9 Å². The van der Waals surface area contributed by atoms with Crippen molar-refractivity contribution in [2.24, 2.45) is 5.73 Å². The number of nitrogens with two attached hydrogens (primary N) is 1. The molecule has 0 bridgehead atoms. The van der Waals surface area contributed by atoms with Crippen molar-refractivity contribution in [2.75, 3.05) is 6.61 Å². The maximum Gasteiger partial charge on any atom is 0.129 e. The maximum absolute atomic E-state index is 5.48. The maximum atomic E-state index is 5.48. The number of hydrogen-bond donors (Lipinski definition) is 1. The summed E-state index contributed by atoms with van der Waals surface area (Å²) < 4.78 is 10.9. The van der Waals surface area contributed by atoms with E-state index in [0.717, 1.165) is 11.5 Å². The quantitative estimate of drug-likeness (QED) is 0.793. The third-order valence-electron chi connectivity index (χ3n) is 2.49. The highest BCUT2D eigenvalue weighted by molar-refractivity contribution is 5.48. The monoisotopic (exact) mass is 243 g/mol. The second kappa shape index (κ2) is 6.79. The first kappa shape index (κ1) is 12.6. The number of hydrogen-bond acceptors (Lipinski definition) is 3. The van der Waals surface area contributed by atoms with Gasteiger partial charge in [0.15, 0.2) is 0 Å². The van der Waals surface area contributed by atoms with Crippen LogP contribution in [0.1, 0.15) is 17.1 Å². The SMILES string of the molecule is NCc1ccc(COCC=Cc2ccccc2)o1. The van der Waals surface area contributed by atoms with Gasteiger partial charge in [0.25, 0.3) is 0 Å². The summed E-state index contributed by atoms with van der Waals surface area (Å²) in [7, 11) is 0. The van der Waals surface area contributed by atoms with Gasteiger partial charge in [-0.15, -0.1) is 0 Å². The molecule has 1 aromatic heterocycles. The molecule has 0 unspecified atom stereocenters. The van der Waals surface area contributed by atoms with Crippen molar-refractivity contribution in [3.8, 4) is 0 Å². The van der Waals surface area contributed by atoms with Crippen molar-refractivity contribution < 1.29 is 9.15 Å². The molecule has 2 rings (SSSR count). The second-order valence-corrected chi connectivity index (χ2v) is 3.90. The molecule has 0 saturated heterocycles. The lowest BCUT2D eigenvalue weighted by Gasteiger charge is -1.98. The van der Waals surface area contributed by atoms with Crippen LogP contribution in [0, 0.1) is 0 Å². The van der Waals surface area contributed by atoms with Gasteiger partial charge >= 0.3 is 0 Å². The minimum absolute atomic E-state index is 0.425. The zero-order valence-corrected chi connectivity index (χ0v) is 10.2. The highest BCUT2D eigenvalue weighted by Gasteiger charge is 1.99. The topological polar surface area (TPSA) is 48.4 Å². The summed E-state index contributed by atoms with van der Waals surface area (Å²) in [5.41, 5.74) is 6.63. The van der Waals surface area contributed by atoms with E-state index in [2.05, 4.69) is 12.1 Å². The molecule has 0 saturated carbocycles. The van der Waals surface area contributed by atoms with Crippen molar-refractivity contribution in [1.82, 2.24) is 0 Å². The fraction of sp³-hybridized carbons (Fsp3) is 0.200. The molecule has 1 heterocycles. The molecular weight excluding hydrogens is 226 g/mol. The van der Waals surface area contributed by atoms with Crippen LogP contribution in [-0.4, -0.2) is 6.61 Å². The number of rotatable bonds is 6. The third kappa shape index (κ3) is 3.87. The van der Waals surface area contributed by atoms with Crippen molar-refractivity contribution in [3.63, 3.8) is 0 Å². The van der Waals surface area contributed by atoms with E-state index >= 15 is 0 Å². The van der Waals surface area contributed by atoms with Crippen LogP contribution in [0.25, 0.3) is 6.08 Å². The lowest BCUT2D eigenvalue weighted by molar-refractivity contribution is 0.131. The average molecular weight is 243 g/mol. The molecule has 0 aliphatic rings. The summed E-state index contributed by atoms with van der Waals surface area (Å²) >= 11 is 0. The van der Waals surface area contributed by atoms with Crippen molar-refractivity contribution in [1.29, 1.82) is 0 Å². The number of furan rings is 1. The van der Waals surface area contributed by atoms with E-state index in [0.29, 0.717) is 19.8 Å². The first-order valence-corrected chi connectivity index (χ1v) is 5.95. The van der Waals surface area contributed by atoms with Gasteiger partial charge in [0, 0.05) is 0 Å². The molecule has 0 amide bonds. The van der Waals surface area contributed by atoms with Crippen molar-refractivity contribution in [3.05, 3.63) is 65.6 Å². The highest BCUT2D eigenvalue weighted by Crippen LogP contribution is 2.08. The summed E-state index contributed by atoms with van der Waals surface area (Å²) in [5, 5.41) is 0. The predicted octanol–water partition coefficient (Wildman–Crippen LogP) is 2.97. The Morgan fingerprint density at radius 2 is 1.83 bits per heavy atom. The first-order chi connectivity index (χ1) is 8.88. The molecular formula is C15H17NO2.